The molecule has 0 aliphatic carbocycles. The molecule has 3 heterocycles. The molecule has 0 fully saturated rings. The largest absolute Gasteiger partial charge is 0.392 e. The van der Waals surface area contributed by atoms with Crippen molar-refractivity contribution >= 4 is 33.1 Å². The second kappa shape index (κ2) is 6.33. The van der Waals surface area contributed by atoms with Crippen LogP contribution < -0.4 is 10.6 Å². The molecule has 0 saturated carbocycles. The van der Waals surface area contributed by atoms with E-state index in [2.05, 4.69) is 31.9 Å². The average Bonchev–Trinajstić information content (AvgIpc) is 3.13. The zero-order valence-corrected chi connectivity index (χ0v) is 13.4. The summed E-state index contributed by atoms with van der Waals surface area (Å²) in [5, 5.41) is 23.0. The molecule has 22 heavy (non-hydrogen) atoms. The minimum atomic E-state index is -0.405. The van der Waals surface area contributed by atoms with Crippen LogP contribution in [0.15, 0.2) is 24.4 Å². The van der Waals surface area contributed by atoms with Gasteiger partial charge in [-0.2, -0.15) is 5.10 Å². The maximum Gasteiger partial charge on any atom is 0.128 e. The summed E-state index contributed by atoms with van der Waals surface area (Å²) in [5.41, 5.74) is 2.90. The lowest BCUT2D eigenvalue weighted by Gasteiger charge is -2.11. The zero-order valence-electron chi connectivity index (χ0n) is 12.6. The van der Waals surface area contributed by atoms with E-state index in [0.717, 1.165) is 38.8 Å². The second-order valence-electron chi connectivity index (χ2n) is 5.11. The van der Waals surface area contributed by atoms with Crippen molar-refractivity contribution in [2.45, 2.75) is 20.0 Å². The third-order valence-corrected chi connectivity index (χ3v) is 4.38. The summed E-state index contributed by atoms with van der Waals surface area (Å²) in [6.45, 7) is 5.12. The molecule has 0 saturated heterocycles. The Kier molecular flexibility index (Phi) is 4.26. The monoisotopic (exact) mass is 317 g/mol. The fraction of sp³-hybridized carbons (Fsp3) is 0.333. The van der Waals surface area contributed by atoms with E-state index >= 15 is 0 Å². The molecule has 116 valence electrons. The number of hydrogen-bond donors (Lipinski definition) is 4. The van der Waals surface area contributed by atoms with Crippen LogP contribution in [0.3, 0.4) is 0 Å². The number of pyridine rings is 1. The van der Waals surface area contributed by atoms with Gasteiger partial charge in [-0.3, -0.25) is 5.10 Å². The molecule has 0 spiro atoms. The van der Waals surface area contributed by atoms with Crippen molar-refractivity contribution in [2.75, 3.05) is 23.7 Å². The summed E-state index contributed by atoms with van der Waals surface area (Å²) in [7, 11) is 0. The van der Waals surface area contributed by atoms with Gasteiger partial charge in [-0.25, -0.2) is 4.98 Å². The first kappa shape index (κ1) is 14.8. The van der Waals surface area contributed by atoms with E-state index in [4.69, 9.17) is 0 Å². The van der Waals surface area contributed by atoms with E-state index in [1.54, 1.807) is 24.5 Å². The van der Waals surface area contributed by atoms with Gasteiger partial charge in [0.1, 0.15) is 5.82 Å². The molecule has 0 aromatic carbocycles. The zero-order chi connectivity index (χ0) is 15.5. The summed E-state index contributed by atoms with van der Waals surface area (Å²) < 4.78 is 1.08. The topological polar surface area (TPSA) is 85.9 Å². The van der Waals surface area contributed by atoms with Crippen LogP contribution in [0.4, 0.5) is 11.5 Å². The van der Waals surface area contributed by atoms with Crippen molar-refractivity contribution in [2.24, 2.45) is 0 Å². The predicted molar refractivity (Wildman–Crippen MR) is 91.5 cm³/mol. The van der Waals surface area contributed by atoms with Gasteiger partial charge in [0.25, 0.3) is 0 Å². The number of nitrogens with zero attached hydrogens (tertiary/aromatic N) is 2. The number of rotatable bonds is 6. The number of nitrogens with one attached hydrogen (secondary N) is 3. The first-order valence-electron chi connectivity index (χ1n) is 7.27. The van der Waals surface area contributed by atoms with Crippen LogP contribution in [-0.2, 0) is 0 Å². The van der Waals surface area contributed by atoms with E-state index in [9.17, 15) is 5.11 Å². The Morgan fingerprint density at radius 3 is 2.91 bits per heavy atom. The minimum absolute atomic E-state index is 0.405. The van der Waals surface area contributed by atoms with Crippen molar-refractivity contribution in [1.29, 1.82) is 0 Å². The third kappa shape index (κ3) is 3.05. The lowest BCUT2D eigenvalue weighted by molar-refractivity contribution is 0.208. The smallest absolute Gasteiger partial charge is 0.128 e. The van der Waals surface area contributed by atoms with Crippen molar-refractivity contribution in [1.82, 2.24) is 15.2 Å². The Bertz CT molecular complexity index is 751. The van der Waals surface area contributed by atoms with Gasteiger partial charge in [0.2, 0.25) is 0 Å². The number of H-pyrrole nitrogens is 1. The Morgan fingerprint density at radius 2 is 2.23 bits per heavy atom. The Hall–Kier alpha value is -2.12. The van der Waals surface area contributed by atoms with Gasteiger partial charge in [0.05, 0.1) is 32.6 Å². The van der Waals surface area contributed by atoms with E-state index in [1.165, 1.54) is 0 Å². The lowest BCUT2D eigenvalue weighted by atomic mass is 10.3. The van der Waals surface area contributed by atoms with Crippen LogP contribution >= 0.6 is 11.3 Å². The van der Waals surface area contributed by atoms with Gasteiger partial charge in [-0.15, -0.1) is 11.3 Å². The molecule has 0 radical (unpaired) electrons. The highest BCUT2D eigenvalue weighted by Crippen LogP contribution is 2.37. The number of thiophene rings is 1. The highest BCUT2D eigenvalue weighted by molar-refractivity contribution is 7.22. The van der Waals surface area contributed by atoms with Crippen molar-refractivity contribution in [3.63, 3.8) is 0 Å². The maximum absolute atomic E-state index is 9.51. The molecular weight excluding hydrogens is 298 g/mol. The number of fused-ring (bicyclic) bond motifs is 1. The lowest BCUT2D eigenvalue weighted by Crippen LogP contribution is -2.15. The fourth-order valence-corrected chi connectivity index (χ4v) is 3.27. The summed E-state index contributed by atoms with van der Waals surface area (Å²) in [4.78, 5) is 5.74. The highest BCUT2D eigenvalue weighted by Gasteiger charge is 2.12. The molecular formula is C15H19N5OS. The molecule has 4 N–H and O–H groups in total. The minimum Gasteiger partial charge on any atom is -0.392 e. The van der Waals surface area contributed by atoms with Gasteiger partial charge < -0.3 is 15.7 Å². The van der Waals surface area contributed by atoms with Crippen LogP contribution in [-0.4, -0.2) is 39.5 Å². The Balaban J connectivity index is 2.05. The Morgan fingerprint density at radius 1 is 1.36 bits per heavy atom. The molecule has 7 heteroatoms. The summed E-state index contributed by atoms with van der Waals surface area (Å²) >= 11 is 1.65. The quantitative estimate of drug-likeness (QED) is 0.562. The molecule has 3 aromatic rings. The van der Waals surface area contributed by atoms with Gasteiger partial charge >= 0.3 is 0 Å². The van der Waals surface area contributed by atoms with Crippen molar-refractivity contribution in [3.8, 4) is 10.6 Å². The average molecular weight is 317 g/mol. The summed E-state index contributed by atoms with van der Waals surface area (Å²) in [6.07, 6.45) is 1.34. The summed E-state index contributed by atoms with van der Waals surface area (Å²) in [6, 6.07) is 5.99. The van der Waals surface area contributed by atoms with Crippen LogP contribution in [0.2, 0.25) is 0 Å². The standard InChI is InChI=1S/C15H19N5OS/c1-3-16-14-7-11(17-8-9(2)21)15-12(19-14)6-13(22-15)10-4-5-18-20-10/h4-7,9,21H,3,8H2,1-2H3,(H,18,20)(H2,16,17,19)/t9-/m0/s1. The molecule has 0 aliphatic rings. The van der Waals surface area contributed by atoms with E-state index in [1.807, 2.05) is 19.1 Å². The molecule has 3 rings (SSSR count). The maximum atomic E-state index is 9.51. The van der Waals surface area contributed by atoms with Crippen LogP contribution in [0.25, 0.3) is 20.8 Å². The second-order valence-corrected chi connectivity index (χ2v) is 6.16. The van der Waals surface area contributed by atoms with Crippen LogP contribution in [0.5, 0.6) is 0 Å². The van der Waals surface area contributed by atoms with Crippen LogP contribution in [0.1, 0.15) is 13.8 Å². The third-order valence-electron chi connectivity index (χ3n) is 3.19. The van der Waals surface area contributed by atoms with Gasteiger partial charge in [-0.05, 0) is 26.0 Å². The van der Waals surface area contributed by atoms with Crippen molar-refractivity contribution < 1.29 is 5.11 Å². The number of anilines is 2. The molecule has 6 nitrogen and oxygen atoms in total. The first-order valence-corrected chi connectivity index (χ1v) is 8.09. The first-order chi connectivity index (χ1) is 10.7. The number of aromatic nitrogens is 3. The van der Waals surface area contributed by atoms with Gasteiger partial charge in [0.15, 0.2) is 0 Å². The number of aliphatic hydroxyl groups is 1. The van der Waals surface area contributed by atoms with Gasteiger partial charge in [0, 0.05) is 25.4 Å². The predicted octanol–water partition coefficient (Wildman–Crippen LogP) is 2.91. The van der Waals surface area contributed by atoms with E-state index in [-0.39, 0.29) is 0 Å². The molecule has 0 unspecified atom stereocenters. The number of hydrogen-bond acceptors (Lipinski definition) is 6. The number of aromatic amines is 1. The molecule has 0 bridgehead atoms. The van der Waals surface area contributed by atoms with Gasteiger partial charge in [-0.1, -0.05) is 0 Å². The molecule has 3 aromatic heterocycles. The SMILES string of the molecule is CCNc1cc(NC[C@H](C)O)c2sc(-c3ccn[nH]3)cc2n1. The summed E-state index contributed by atoms with van der Waals surface area (Å²) in [5.74, 6) is 0.831. The van der Waals surface area contributed by atoms with E-state index in [0.29, 0.717) is 6.54 Å². The van der Waals surface area contributed by atoms with Crippen molar-refractivity contribution in [3.05, 3.63) is 24.4 Å². The Labute approximate surface area is 132 Å². The fourth-order valence-electron chi connectivity index (χ4n) is 2.21. The molecule has 0 aliphatic heterocycles. The normalized spacial score (nSPS) is 12.5. The van der Waals surface area contributed by atoms with E-state index < -0.39 is 6.10 Å². The molecule has 0 amide bonds. The number of aliphatic hydroxyl groups excluding tert-OH is 1. The molecule has 1 atom stereocenters. The highest BCUT2D eigenvalue weighted by atomic mass is 32.1. The van der Waals surface area contributed by atoms with Crippen LogP contribution in [0, 0.1) is 0 Å².